The van der Waals surface area contributed by atoms with Crippen LogP contribution >= 0.6 is 0 Å². The maximum Gasteiger partial charge on any atom is 0.151 e. The first-order chi connectivity index (χ1) is 15.0. The topological polar surface area (TPSA) is 59.5 Å². The first kappa shape index (κ1) is 23.1. The number of pyridine rings is 1. The molecular formula is C24H30F2N2O3S. The number of ether oxygens (including phenoxy) is 1. The summed E-state index contributed by atoms with van der Waals surface area (Å²) in [7, 11) is -3.23. The number of likely N-dealkylation sites (tertiary alicyclic amines) is 1. The minimum absolute atomic E-state index is 0.0598. The molecule has 0 amide bonds. The first-order valence-electron chi connectivity index (χ1n) is 11.0. The highest BCUT2D eigenvalue weighted by Gasteiger charge is 2.34. The summed E-state index contributed by atoms with van der Waals surface area (Å²) >= 11 is 0. The molecule has 1 aromatic carbocycles. The second-order valence-electron chi connectivity index (χ2n) is 9.75. The van der Waals surface area contributed by atoms with Crippen molar-refractivity contribution >= 4 is 9.84 Å². The van der Waals surface area contributed by atoms with Gasteiger partial charge in [0, 0.05) is 30.3 Å². The Balaban J connectivity index is 1.42. The molecule has 0 N–H and O–H groups in total. The van der Waals surface area contributed by atoms with Crippen LogP contribution in [0.15, 0.2) is 30.5 Å². The van der Waals surface area contributed by atoms with Gasteiger partial charge in [-0.1, -0.05) is 6.07 Å². The third-order valence-electron chi connectivity index (χ3n) is 6.14. The fraction of sp³-hybridized carbons (Fsp3) is 0.542. The van der Waals surface area contributed by atoms with E-state index in [1.807, 2.05) is 6.07 Å². The van der Waals surface area contributed by atoms with E-state index < -0.39 is 21.3 Å². The molecule has 0 aliphatic carbocycles. The van der Waals surface area contributed by atoms with Gasteiger partial charge in [0.15, 0.2) is 9.84 Å². The lowest BCUT2D eigenvalue weighted by atomic mass is 9.88. The molecule has 5 nitrogen and oxygen atoms in total. The van der Waals surface area contributed by atoms with Crippen molar-refractivity contribution in [3.05, 3.63) is 47.4 Å². The van der Waals surface area contributed by atoms with E-state index in [9.17, 15) is 17.2 Å². The van der Waals surface area contributed by atoms with Gasteiger partial charge in [0.2, 0.25) is 0 Å². The maximum atomic E-state index is 14.7. The van der Waals surface area contributed by atoms with E-state index in [0.717, 1.165) is 49.9 Å². The van der Waals surface area contributed by atoms with E-state index in [0.29, 0.717) is 29.3 Å². The zero-order chi connectivity index (χ0) is 23.1. The zero-order valence-electron chi connectivity index (χ0n) is 18.8. The highest BCUT2D eigenvalue weighted by Crippen LogP contribution is 2.37. The van der Waals surface area contributed by atoms with E-state index in [4.69, 9.17) is 4.74 Å². The number of rotatable bonds is 6. The normalized spacial score (nSPS) is 20.2. The molecule has 1 aromatic heterocycles. The van der Waals surface area contributed by atoms with Gasteiger partial charge in [0.1, 0.15) is 23.3 Å². The average Bonchev–Trinajstić information content (AvgIpc) is 3.09. The number of nitrogens with zero attached hydrogens (tertiary/aromatic N) is 2. The molecule has 174 valence electrons. The molecule has 1 saturated heterocycles. The van der Waals surface area contributed by atoms with Gasteiger partial charge in [-0.15, -0.1) is 0 Å². The fourth-order valence-electron chi connectivity index (χ4n) is 4.76. The number of aromatic nitrogens is 1. The van der Waals surface area contributed by atoms with Crippen molar-refractivity contribution in [1.82, 2.24) is 9.88 Å². The Morgan fingerprint density at radius 3 is 2.56 bits per heavy atom. The van der Waals surface area contributed by atoms with Crippen molar-refractivity contribution in [2.45, 2.75) is 50.6 Å². The third kappa shape index (κ3) is 5.64. The first-order valence-corrected chi connectivity index (χ1v) is 13.1. The molecule has 0 saturated carbocycles. The van der Waals surface area contributed by atoms with Crippen molar-refractivity contribution in [3.8, 4) is 17.0 Å². The summed E-state index contributed by atoms with van der Waals surface area (Å²) in [6, 6.07) is 6.34. The van der Waals surface area contributed by atoms with Crippen molar-refractivity contribution in [1.29, 1.82) is 0 Å². The number of benzene rings is 1. The van der Waals surface area contributed by atoms with Crippen LogP contribution in [-0.4, -0.2) is 56.0 Å². The summed E-state index contributed by atoms with van der Waals surface area (Å²) in [4.78, 5) is 6.56. The third-order valence-corrected chi connectivity index (χ3v) is 7.00. The number of alkyl halides is 1. The Kier molecular flexibility index (Phi) is 6.29. The van der Waals surface area contributed by atoms with Gasteiger partial charge in [-0.25, -0.2) is 17.2 Å². The number of sulfone groups is 1. The van der Waals surface area contributed by atoms with Crippen LogP contribution in [0.5, 0.6) is 5.75 Å². The Morgan fingerprint density at radius 1 is 1.22 bits per heavy atom. The van der Waals surface area contributed by atoms with Gasteiger partial charge in [-0.3, -0.25) is 4.98 Å². The monoisotopic (exact) mass is 464 g/mol. The number of piperidine rings is 1. The van der Waals surface area contributed by atoms with E-state index >= 15 is 0 Å². The number of halogens is 2. The van der Waals surface area contributed by atoms with Crippen molar-refractivity contribution in [2.24, 2.45) is 5.92 Å². The molecule has 32 heavy (non-hydrogen) atoms. The number of hydrogen-bond acceptors (Lipinski definition) is 5. The lowest BCUT2D eigenvalue weighted by Crippen LogP contribution is -2.43. The molecule has 0 radical (unpaired) electrons. The molecule has 0 bridgehead atoms. The minimum Gasteiger partial charge on any atom is -0.488 e. The summed E-state index contributed by atoms with van der Waals surface area (Å²) in [6.07, 6.45) is 5.51. The van der Waals surface area contributed by atoms with Crippen LogP contribution in [0.3, 0.4) is 0 Å². The molecule has 1 atom stereocenters. The molecule has 8 heteroatoms. The molecule has 1 fully saturated rings. The van der Waals surface area contributed by atoms with E-state index in [2.05, 4.69) is 9.88 Å². The number of hydrogen-bond donors (Lipinski definition) is 0. The van der Waals surface area contributed by atoms with Gasteiger partial charge in [-0.2, -0.15) is 0 Å². The van der Waals surface area contributed by atoms with Gasteiger partial charge in [-0.05, 0) is 69.5 Å². The van der Waals surface area contributed by atoms with E-state index in [-0.39, 0.29) is 11.9 Å². The number of fused-ring (bicyclic) bond motifs is 1. The SMILES string of the molecule is CC(C)(F)CN1CCC(C2Cc3cc(-c4ccc(CS(C)(=O)=O)cc4F)ncc3O2)CC1. The lowest BCUT2D eigenvalue weighted by molar-refractivity contribution is 0.0606. The highest BCUT2D eigenvalue weighted by molar-refractivity contribution is 7.89. The van der Waals surface area contributed by atoms with Gasteiger partial charge in [0.05, 0.1) is 17.6 Å². The molecule has 0 spiro atoms. The molecule has 1 unspecified atom stereocenters. The van der Waals surface area contributed by atoms with Crippen molar-refractivity contribution in [2.75, 3.05) is 25.9 Å². The van der Waals surface area contributed by atoms with Gasteiger partial charge < -0.3 is 9.64 Å². The maximum absolute atomic E-state index is 14.7. The molecule has 4 rings (SSSR count). The standard InChI is InChI=1S/C24H30F2N2O3S/c1-24(2,26)15-28-8-6-17(7-9-28)22-12-18-11-21(27-13-23(18)31-22)19-5-4-16(10-20(19)25)14-32(3,29)30/h4-5,10-11,13,17,22H,6-9,12,14-15H2,1-3H3. The van der Waals surface area contributed by atoms with Crippen molar-refractivity contribution < 1.29 is 21.9 Å². The summed E-state index contributed by atoms with van der Waals surface area (Å²) in [6.45, 7) is 5.41. The van der Waals surface area contributed by atoms with Crippen LogP contribution in [0.2, 0.25) is 0 Å². The predicted molar refractivity (Wildman–Crippen MR) is 121 cm³/mol. The van der Waals surface area contributed by atoms with Gasteiger partial charge in [0.25, 0.3) is 0 Å². The molecule has 2 aliphatic rings. The average molecular weight is 465 g/mol. The molecule has 2 aromatic rings. The second kappa shape index (κ2) is 8.71. The van der Waals surface area contributed by atoms with Crippen LogP contribution in [-0.2, 0) is 22.0 Å². The highest BCUT2D eigenvalue weighted by atomic mass is 32.2. The summed E-state index contributed by atoms with van der Waals surface area (Å²) in [5, 5.41) is 0. The summed E-state index contributed by atoms with van der Waals surface area (Å²) < 4.78 is 57.7. The fourth-order valence-corrected chi connectivity index (χ4v) is 5.54. The van der Waals surface area contributed by atoms with E-state index in [1.54, 1.807) is 32.2 Å². The largest absolute Gasteiger partial charge is 0.488 e. The predicted octanol–water partition coefficient (Wildman–Crippen LogP) is 4.20. The summed E-state index contributed by atoms with van der Waals surface area (Å²) in [5.41, 5.74) is 1.09. The van der Waals surface area contributed by atoms with Gasteiger partial charge >= 0.3 is 0 Å². The van der Waals surface area contributed by atoms with Crippen LogP contribution < -0.4 is 4.74 Å². The Labute approximate surface area is 188 Å². The van der Waals surface area contributed by atoms with Crippen molar-refractivity contribution in [3.63, 3.8) is 0 Å². The Bertz CT molecular complexity index is 1090. The Morgan fingerprint density at radius 2 is 1.94 bits per heavy atom. The smallest absolute Gasteiger partial charge is 0.151 e. The molecule has 3 heterocycles. The molecule has 2 aliphatic heterocycles. The quantitative estimate of drug-likeness (QED) is 0.642. The lowest BCUT2D eigenvalue weighted by Gasteiger charge is -2.36. The van der Waals surface area contributed by atoms with Crippen LogP contribution in [0.25, 0.3) is 11.3 Å². The minimum atomic E-state index is -3.23. The zero-order valence-corrected chi connectivity index (χ0v) is 19.6. The molecular weight excluding hydrogens is 434 g/mol. The van der Waals surface area contributed by atoms with Crippen LogP contribution in [0.1, 0.15) is 37.8 Å². The summed E-state index contributed by atoms with van der Waals surface area (Å²) in [5.74, 6) is 0.452. The van der Waals surface area contributed by atoms with Crippen LogP contribution in [0.4, 0.5) is 8.78 Å². The second-order valence-corrected chi connectivity index (χ2v) is 11.9. The van der Waals surface area contributed by atoms with Crippen LogP contribution in [0, 0.1) is 11.7 Å². The Hall–Kier alpha value is -2.06. The van der Waals surface area contributed by atoms with E-state index in [1.165, 1.54) is 6.07 Å².